The van der Waals surface area contributed by atoms with Crippen LogP contribution in [0.5, 0.6) is 0 Å². The Hall–Kier alpha value is -2.77. The Bertz CT molecular complexity index is 780. The maximum atomic E-state index is 11.7. The van der Waals surface area contributed by atoms with E-state index in [-0.39, 0.29) is 36.6 Å². The monoisotopic (exact) mass is 429 g/mol. The van der Waals surface area contributed by atoms with E-state index in [0.717, 1.165) is 0 Å². The van der Waals surface area contributed by atoms with E-state index in [1.54, 1.807) is 6.92 Å². The minimum absolute atomic E-state index is 0.0410. The van der Waals surface area contributed by atoms with Gasteiger partial charge in [-0.2, -0.15) is 13.2 Å². The summed E-state index contributed by atoms with van der Waals surface area (Å²) in [6.45, 7) is 1.81. The minimum Gasteiger partial charge on any atom is -0.542 e. The van der Waals surface area contributed by atoms with E-state index in [9.17, 15) is 31.2 Å². The molecule has 0 spiro atoms. The quantitative estimate of drug-likeness (QED) is 0.463. The number of sulfone groups is 1. The van der Waals surface area contributed by atoms with Crippen LogP contribution in [0.4, 0.5) is 13.2 Å². The fourth-order valence-corrected chi connectivity index (χ4v) is 2.13. The van der Waals surface area contributed by atoms with Crippen LogP contribution in [0, 0.1) is 0 Å². The minimum atomic E-state index is -5.19. The van der Waals surface area contributed by atoms with Crippen LogP contribution >= 0.6 is 0 Å². The molecule has 1 heterocycles. The molecular formula is C14H18F3N3O7S. The third kappa shape index (κ3) is 11.1. The van der Waals surface area contributed by atoms with Gasteiger partial charge in [-0.15, -0.1) is 0 Å². The van der Waals surface area contributed by atoms with E-state index >= 15 is 0 Å². The van der Waals surface area contributed by atoms with E-state index in [1.165, 1.54) is 23.1 Å². The second-order valence-corrected chi connectivity index (χ2v) is 7.57. The first-order chi connectivity index (χ1) is 12.8. The zero-order valence-corrected chi connectivity index (χ0v) is 15.4. The number of carbonyl (C=O) groups excluding carboxylic acids is 2. The number of carboxylic acids is 2. The Labute approximate surface area is 157 Å². The van der Waals surface area contributed by atoms with Gasteiger partial charge in [-0.05, 0) is 5.10 Å². The highest BCUT2D eigenvalue weighted by atomic mass is 32.2. The number of nitrogens with one attached hydrogen (secondary N) is 1. The van der Waals surface area contributed by atoms with Crippen molar-refractivity contribution < 1.29 is 50.9 Å². The summed E-state index contributed by atoms with van der Waals surface area (Å²) in [5.74, 6) is -4.41. The fourth-order valence-electron chi connectivity index (χ4n) is 1.43. The number of amides is 1. The molecule has 0 aromatic carbocycles. The number of hydrogen-bond acceptors (Lipinski definition) is 7. The lowest BCUT2D eigenvalue weighted by Crippen LogP contribution is -2.39. The van der Waals surface area contributed by atoms with Crippen LogP contribution in [-0.2, 0) is 26.0 Å². The van der Waals surface area contributed by atoms with Crippen molar-refractivity contribution in [2.75, 3.05) is 18.1 Å². The number of nitrogens with zero attached hydrogens (tertiary/aromatic N) is 2. The van der Waals surface area contributed by atoms with Gasteiger partial charge < -0.3 is 20.3 Å². The number of aliphatic carboxylic acids is 2. The van der Waals surface area contributed by atoms with Gasteiger partial charge in [0, 0.05) is 18.4 Å². The Morgan fingerprint density at radius 3 is 2.29 bits per heavy atom. The SMILES string of the molecule is CCS(=O)(=O)CCNC(=O)c1cc[n+](CCC(=O)O)nc1.O=C([O-])C(F)(F)F. The Morgan fingerprint density at radius 2 is 1.89 bits per heavy atom. The summed E-state index contributed by atoms with van der Waals surface area (Å²) in [4.78, 5) is 30.9. The van der Waals surface area contributed by atoms with Crippen molar-refractivity contribution in [2.45, 2.75) is 26.1 Å². The summed E-state index contributed by atoms with van der Waals surface area (Å²) in [6, 6.07) is 1.50. The number of hydrogen-bond donors (Lipinski definition) is 2. The summed E-state index contributed by atoms with van der Waals surface area (Å²) < 4.78 is 55.5. The molecule has 1 amide bonds. The second-order valence-electron chi connectivity index (χ2n) is 5.10. The van der Waals surface area contributed by atoms with Gasteiger partial charge >= 0.3 is 12.1 Å². The number of carbonyl (C=O) groups is 3. The molecule has 1 aromatic heterocycles. The van der Waals surface area contributed by atoms with Crippen LogP contribution < -0.4 is 15.1 Å². The van der Waals surface area contributed by atoms with Crippen molar-refractivity contribution in [3.63, 3.8) is 0 Å². The van der Waals surface area contributed by atoms with Gasteiger partial charge in [0.2, 0.25) is 0 Å². The van der Waals surface area contributed by atoms with Crippen molar-refractivity contribution >= 4 is 27.7 Å². The van der Waals surface area contributed by atoms with E-state index in [0.29, 0.717) is 0 Å². The first-order valence-corrected chi connectivity index (χ1v) is 9.45. The first kappa shape index (κ1) is 25.2. The molecule has 0 aliphatic heterocycles. The molecule has 1 rings (SSSR count). The van der Waals surface area contributed by atoms with Crippen LogP contribution in [0.1, 0.15) is 23.7 Å². The topological polar surface area (TPSA) is 157 Å². The number of halogens is 3. The molecule has 0 fully saturated rings. The number of aryl methyl sites for hydroxylation is 1. The maximum absolute atomic E-state index is 11.7. The van der Waals surface area contributed by atoms with E-state index in [2.05, 4.69) is 10.4 Å². The van der Waals surface area contributed by atoms with Gasteiger partial charge in [0.25, 0.3) is 5.91 Å². The van der Waals surface area contributed by atoms with Gasteiger partial charge in [-0.1, -0.05) is 11.6 Å². The number of aromatic nitrogens is 2. The molecule has 158 valence electrons. The van der Waals surface area contributed by atoms with Crippen molar-refractivity contribution in [2.24, 2.45) is 0 Å². The van der Waals surface area contributed by atoms with Gasteiger partial charge in [0.1, 0.15) is 18.6 Å². The third-order valence-corrected chi connectivity index (χ3v) is 4.66. The van der Waals surface area contributed by atoms with Gasteiger partial charge in [-0.3, -0.25) is 9.59 Å². The molecule has 14 heteroatoms. The molecule has 0 saturated heterocycles. The summed E-state index contributed by atoms with van der Waals surface area (Å²) in [5.41, 5.74) is 0.287. The maximum Gasteiger partial charge on any atom is 0.430 e. The van der Waals surface area contributed by atoms with Crippen molar-refractivity contribution in [1.29, 1.82) is 0 Å². The third-order valence-electron chi connectivity index (χ3n) is 2.96. The number of rotatable bonds is 8. The van der Waals surface area contributed by atoms with E-state index in [4.69, 9.17) is 15.0 Å². The standard InChI is InChI=1S/C12H17N3O5S.C2HF3O2/c1-2-21(19,20)8-5-13-12(18)10-3-6-15(14-9-10)7-4-11(16)17;3-2(4,5)1(6)7/h3,6,9H,2,4-5,7-8H2,1H3,(H-,13,16,17,18);(H,6,7). The highest BCUT2D eigenvalue weighted by Crippen LogP contribution is 2.11. The molecule has 28 heavy (non-hydrogen) atoms. The number of alkyl halides is 3. The molecule has 0 aliphatic carbocycles. The van der Waals surface area contributed by atoms with Crippen molar-refractivity contribution in [1.82, 2.24) is 10.4 Å². The van der Waals surface area contributed by atoms with E-state index in [1.807, 2.05) is 0 Å². The highest BCUT2D eigenvalue weighted by molar-refractivity contribution is 7.91. The van der Waals surface area contributed by atoms with Gasteiger partial charge in [-0.25, -0.2) is 8.42 Å². The normalized spacial score (nSPS) is 11.1. The highest BCUT2D eigenvalue weighted by Gasteiger charge is 2.28. The number of carboxylic acid groups (broad SMARTS) is 2. The van der Waals surface area contributed by atoms with Gasteiger partial charge in [0.15, 0.2) is 22.6 Å². The molecule has 0 unspecified atom stereocenters. The van der Waals surface area contributed by atoms with Crippen LogP contribution in [0.15, 0.2) is 18.5 Å². The fraction of sp³-hybridized carbons (Fsp3) is 0.500. The van der Waals surface area contributed by atoms with Crippen molar-refractivity contribution in [3.8, 4) is 0 Å². The lowest BCUT2D eigenvalue weighted by molar-refractivity contribution is -0.753. The van der Waals surface area contributed by atoms with Crippen LogP contribution in [-0.4, -0.2) is 60.7 Å². The molecule has 0 atom stereocenters. The largest absolute Gasteiger partial charge is 0.542 e. The van der Waals surface area contributed by atoms with E-state index < -0.39 is 33.9 Å². The summed E-state index contributed by atoms with van der Waals surface area (Å²) in [7, 11) is -3.11. The second kappa shape index (κ2) is 11.2. The molecule has 0 aliphatic rings. The van der Waals surface area contributed by atoms with Crippen molar-refractivity contribution in [3.05, 3.63) is 24.0 Å². The van der Waals surface area contributed by atoms with Gasteiger partial charge in [0.05, 0.1) is 11.3 Å². The Morgan fingerprint density at radius 1 is 1.32 bits per heavy atom. The lowest BCUT2D eigenvalue weighted by Gasteiger charge is -2.04. The summed E-state index contributed by atoms with van der Waals surface area (Å²) >= 11 is 0. The first-order valence-electron chi connectivity index (χ1n) is 7.63. The smallest absolute Gasteiger partial charge is 0.430 e. The summed E-state index contributed by atoms with van der Waals surface area (Å²) in [5, 5.41) is 23.7. The molecule has 10 nitrogen and oxygen atoms in total. The molecular weight excluding hydrogens is 411 g/mol. The average molecular weight is 429 g/mol. The molecule has 0 bridgehead atoms. The zero-order chi connectivity index (χ0) is 22.0. The predicted molar refractivity (Wildman–Crippen MR) is 84.4 cm³/mol. The van der Waals surface area contributed by atoms with Crippen LogP contribution in [0.2, 0.25) is 0 Å². The molecule has 0 radical (unpaired) electrons. The zero-order valence-electron chi connectivity index (χ0n) is 14.6. The van der Waals surface area contributed by atoms with Crippen LogP contribution in [0.3, 0.4) is 0 Å². The van der Waals surface area contributed by atoms with Crippen LogP contribution in [0.25, 0.3) is 0 Å². The molecule has 2 N–H and O–H groups in total. The Balaban J connectivity index is 0.000000887. The summed E-state index contributed by atoms with van der Waals surface area (Å²) in [6.07, 6.45) is -2.44. The average Bonchev–Trinajstić information content (AvgIpc) is 2.60. The lowest BCUT2D eigenvalue weighted by atomic mass is 10.3. The Kier molecular flexibility index (Phi) is 10.1. The predicted octanol–water partition coefficient (Wildman–Crippen LogP) is -1.69. The molecule has 0 saturated carbocycles. The molecule has 1 aromatic rings.